The predicted molar refractivity (Wildman–Crippen MR) is 104 cm³/mol. The summed E-state index contributed by atoms with van der Waals surface area (Å²) in [7, 11) is -2.41. The fraction of sp³-hybridized carbons (Fsp3) is 0.842. The Kier molecular flexibility index (Phi) is 8.20. The third-order valence-corrected chi connectivity index (χ3v) is 6.68. The van der Waals surface area contributed by atoms with Crippen LogP contribution in [-0.2, 0) is 33.9 Å². The van der Waals surface area contributed by atoms with E-state index in [2.05, 4.69) is 9.46 Å². The van der Waals surface area contributed by atoms with Gasteiger partial charge >= 0.3 is 11.9 Å². The highest BCUT2D eigenvalue weighted by atomic mass is 32.2. The van der Waals surface area contributed by atoms with E-state index >= 15 is 0 Å². The molecule has 162 valence electrons. The normalized spacial score (nSPS) is 21.1. The molecule has 0 radical (unpaired) electrons. The molecule has 0 bridgehead atoms. The Hall–Kier alpha value is -1.48. The fourth-order valence-corrected chi connectivity index (χ4v) is 4.63. The molecule has 1 saturated carbocycles. The minimum absolute atomic E-state index is 0.0640. The summed E-state index contributed by atoms with van der Waals surface area (Å²) in [5.74, 6) is -1.57. The number of sulfonamides is 1. The molecule has 8 nitrogen and oxygen atoms in total. The highest BCUT2D eigenvalue weighted by Crippen LogP contribution is 2.30. The van der Waals surface area contributed by atoms with Crippen molar-refractivity contribution in [3.8, 4) is 0 Å². The first kappa shape index (κ1) is 24.6. The van der Waals surface area contributed by atoms with Crippen molar-refractivity contribution in [2.45, 2.75) is 77.6 Å². The molecular formula is C19H33NO7S. The van der Waals surface area contributed by atoms with E-state index in [9.17, 15) is 22.8 Å². The third kappa shape index (κ3) is 7.50. The van der Waals surface area contributed by atoms with Crippen molar-refractivity contribution < 1.29 is 32.3 Å². The molecule has 0 saturated heterocycles. The molecule has 28 heavy (non-hydrogen) atoms. The Balaban J connectivity index is 2.59. The van der Waals surface area contributed by atoms with Gasteiger partial charge in [-0.05, 0) is 60.3 Å². The van der Waals surface area contributed by atoms with Crippen molar-refractivity contribution in [2.75, 3.05) is 13.7 Å². The molecule has 0 aliphatic heterocycles. The first-order valence-electron chi connectivity index (χ1n) is 9.49. The van der Waals surface area contributed by atoms with Crippen LogP contribution in [0.2, 0.25) is 0 Å². The monoisotopic (exact) mass is 419 g/mol. The van der Waals surface area contributed by atoms with E-state index < -0.39 is 38.2 Å². The second-order valence-electron chi connectivity index (χ2n) is 8.94. The Morgan fingerprint density at radius 3 is 2.00 bits per heavy atom. The maximum absolute atomic E-state index is 12.6. The molecule has 0 aromatic rings. The second kappa shape index (κ2) is 9.35. The number of methoxy groups -OCH3 is 1. The minimum Gasteiger partial charge on any atom is -0.469 e. The molecule has 1 aliphatic rings. The lowest BCUT2D eigenvalue weighted by Crippen LogP contribution is -2.45. The summed E-state index contributed by atoms with van der Waals surface area (Å²) < 4.78 is 37.6. The van der Waals surface area contributed by atoms with Crippen LogP contribution < -0.4 is 4.72 Å². The van der Waals surface area contributed by atoms with E-state index in [1.807, 2.05) is 0 Å². The third-order valence-electron chi connectivity index (χ3n) is 4.78. The molecule has 1 fully saturated rings. The first-order chi connectivity index (χ1) is 12.7. The molecule has 0 heterocycles. The molecule has 9 heteroatoms. The van der Waals surface area contributed by atoms with Gasteiger partial charge in [0.05, 0.1) is 17.8 Å². The van der Waals surface area contributed by atoms with E-state index in [0.29, 0.717) is 25.7 Å². The van der Waals surface area contributed by atoms with Crippen LogP contribution in [0, 0.1) is 11.3 Å². The summed E-state index contributed by atoms with van der Waals surface area (Å²) in [5.41, 5.74) is -1.66. The van der Waals surface area contributed by atoms with Gasteiger partial charge in [0.2, 0.25) is 10.0 Å². The molecule has 0 aromatic carbocycles. The Bertz CT molecular complexity index is 684. The smallest absolute Gasteiger partial charge is 0.313 e. The molecule has 0 spiro atoms. The summed E-state index contributed by atoms with van der Waals surface area (Å²) >= 11 is 0. The number of esters is 2. The second-order valence-corrected chi connectivity index (χ2v) is 11.0. The highest BCUT2D eigenvalue weighted by Gasteiger charge is 2.37. The zero-order valence-electron chi connectivity index (χ0n) is 17.7. The van der Waals surface area contributed by atoms with Gasteiger partial charge in [0.15, 0.2) is 0 Å². The van der Waals surface area contributed by atoms with Crippen molar-refractivity contribution in [1.29, 1.82) is 0 Å². The van der Waals surface area contributed by atoms with Crippen LogP contribution in [0.5, 0.6) is 0 Å². The Morgan fingerprint density at radius 1 is 1.00 bits per heavy atom. The van der Waals surface area contributed by atoms with Gasteiger partial charge in [-0.1, -0.05) is 0 Å². The number of hydrogen-bond acceptors (Lipinski definition) is 7. The Morgan fingerprint density at radius 2 is 1.54 bits per heavy atom. The number of carbonyl (C=O) groups excluding carboxylic acids is 3. The van der Waals surface area contributed by atoms with Crippen molar-refractivity contribution in [2.24, 2.45) is 11.3 Å². The van der Waals surface area contributed by atoms with Crippen molar-refractivity contribution in [3.63, 3.8) is 0 Å². The zero-order valence-corrected chi connectivity index (χ0v) is 18.5. The van der Waals surface area contributed by atoms with Crippen LogP contribution >= 0.6 is 0 Å². The van der Waals surface area contributed by atoms with E-state index in [4.69, 9.17) is 4.74 Å². The summed E-state index contributed by atoms with van der Waals surface area (Å²) in [6.45, 7) is 8.46. The quantitative estimate of drug-likeness (QED) is 0.472. The lowest BCUT2D eigenvalue weighted by atomic mass is 9.85. The van der Waals surface area contributed by atoms with Crippen LogP contribution in [0.4, 0.5) is 0 Å². The SMILES string of the molecule is COC(=O)CC(=O)C1CCC(S(=O)(=O)NCC(C)(C)C(=O)OC(C)(C)C)CC1. The molecule has 0 amide bonds. The van der Waals surface area contributed by atoms with Crippen LogP contribution in [0.25, 0.3) is 0 Å². The lowest BCUT2D eigenvalue weighted by molar-refractivity contribution is -0.165. The summed E-state index contributed by atoms with van der Waals surface area (Å²) in [5, 5.41) is -0.621. The maximum Gasteiger partial charge on any atom is 0.313 e. The van der Waals surface area contributed by atoms with Gasteiger partial charge in [0.25, 0.3) is 0 Å². The van der Waals surface area contributed by atoms with Gasteiger partial charge in [-0.25, -0.2) is 13.1 Å². The number of ether oxygens (including phenoxy) is 2. The summed E-state index contributed by atoms with van der Waals surface area (Å²) in [6, 6.07) is 0. The first-order valence-corrected chi connectivity index (χ1v) is 11.0. The number of nitrogens with one attached hydrogen (secondary N) is 1. The average Bonchev–Trinajstić information content (AvgIpc) is 2.58. The molecule has 0 unspecified atom stereocenters. The van der Waals surface area contributed by atoms with E-state index in [1.54, 1.807) is 34.6 Å². The van der Waals surface area contributed by atoms with Crippen molar-refractivity contribution >= 4 is 27.7 Å². The van der Waals surface area contributed by atoms with Gasteiger partial charge < -0.3 is 9.47 Å². The van der Waals surface area contributed by atoms with Gasteiger partial charge in [-0.3, -0.25) is 14.4 Å². The summed E-state index contributed by atoms with van der Waals surface area (Å²) in [6.07, 6.45) is 1.22. The lowest BCUT2D eigenvalue weighted by Gasteiger charge is -2.30. The number of Topliss-reactive ketones (excluding diaryl/α,β-unsaturated/α-hetero) is 1. The molecular weight excluding hydrogens is 386 g/mol. The van der Waals surface area contributed by atoms with E-state index in [0.717, 1.165) is 0 Å². The van der Waals surface area contributed by atoms with Crippen molar-refractivity contribution in [3.05, 3.63) is 0 Å². The van der Waals surface area contributed by atoms with Crippen LogP contribution in [-0.4, -0.2) is 50.6 Å². The Labute approximate surface area is 167 Å². The molecule has 0 aromatic heterocycles. The highest BCUT2D eigenvalue weighted by molar-refractivity contribution is 7.90. The van der Waals surface area contributed by atoms with Gasteiger partial charge in [-0.15, -0.1) is 0 Å². The van der Waals surface area contributed by atoms with Crippen LogP contribution in [0.1, 0.15) is 66.7 Å². The topological polar surface area (TPSA) is 116 Å². The number of hydrogen-bond donors (Lipinski definition) is 1. The zero-order chi connectivity index (χ0) is 21.8. The van der Waals surface area contributed by atoms with Crippen LogP contribution in [0.3, 0.4) is 0 Å². The maximum atomic E-state index is 12.6. The largest absolute Gasteiger partial charge is 0.469 e. The molecule has 1 N–H and O–H groups in total. The standard InChI is InChI=1S/C19H33NO7S/c1-18(2,3)27-17(23)19(4,5)12-20-28(24,25)14-9-7-13(8-10-14)15(21)11-16(22)26-6/h13-14,20H,7-12H2,1-6H3. The molecule has 0 atom stereocenters. The van der Waals surface area contributed by atoms with E-state index in [-0.39, 0.29) is 24.7 Å². The summed E-state index contributed by atoms with van der Waals surface area (Å²) in [4.78, 5) is 35.5. The number of ketones is 1. The van der Waals surface area contributed by atoms with E-state index in [1.165, 1.54) is 7.11 Å². The number of rotatable bonds is 8. The number of carbonyl (C=O) groups is 3. The fourth-order valence-electron chi connectivity index (χ4n) is 2.94. The van der Waals surface area contributed by atoms with Crippen molar-refractivity contribution in [1.82, 2.24) is 4.72 Å². The van der Waals surface area contributed by atoms with Gasteiger partial charge in [-0.2, -0.15) is 0 Å². The molecule has 1 aliphatic carbocycles. The average molecular weight is 420 g/mol. The van der Waals surface area contributed by atoms with Gasteiger partial charge in [0.1, 0.15) is 17.8 Å². The predicted octanol–water partition coefficient (Wildman–Crippen LogP) is 1.96. The minimum atomic E-state index is -3.63. The van der Waals surface area contributed by atoms with Gasteiger partial charge in [0, 0.05) is 12.5 Å². The van der Waals surface area contributed by atoms with Crippen LogP contribution in [0.15, 0.2) is 0 Å². The molecule has 1 rings (SSSR count).